The Balaban J connectivity index is 1.78. The van der Waals surface area contributed by atoms with Gasteiger partial charge in [0.25, 0.3) is 5.91 Å². The van der Waals surface area contributed by atoms with E-state index >= 15 is 0 Å². The van der Waals surface area contributed by atoms with Crippen molar-refractivity contribution in [2.24, 2.45) is 0 Å². The number of hydrogen-bond acceptors (Lipinski definition) is 6. The molecule has 1 aliphatic heterocycles. The molecule has 0 bridgehead atoms. The maximum Gasteiger partial charge on any atom is 0.413 e. The number of ether oxygens (including phenoxy) is 1. The number of benzene rings is 1. The number of nitrogens with zero attached hydrogens (tertiary/aromatic N) is 3. The smallest absolute Gasteiger partial charge is 0.413 e. The molecule has 3 amide bonds. The molecule has 1 saturated heterocycles. The second-order valence-electron chi connectivity index (χ2n) is 13.8. The molecule has 2 aromatic rings. The van der Waals surface area contributed by atoms with E-state index in [1.165, 1.54) is 11.8 Å². The van der Waals surface area contributed by atoms with Crippen molar-refractivity contribution in [1.29, 1.82) is 0 Å². The molecule has 1 saturated carbocycles. The third-order valence-corrected chi connectivity index (χ3v) is 7.99. The fourth-order valence-electron chi connectivity index (χ4n) is 5.78. The van der Waals surface area contributed by atoms with Crippen LogP contribution >= 0.6 is 0 Å². The lowest BCUT2D eigenvalue weighted by Gasteiger charge is -2.53. The van der Waals surface area contributed by atoms with Gasteiger partial charge in [0.05, 0.1) is 0 Å². The maximum atomic E-state index is 14.6. The van der Waals surface area contributed by atoms with Gasteiger partial charge >= 0.3 is 6.09 Å². The Kier molecular flexibility index (Phi) is 9.02. The molecular formula is C33H46N4O5. The van der Waals surface area contributed by atoms with Crippen molar-refractivity contribution in [1.82, 2.24) is 15.2 Å². The van der Waals surface area contributed by atoms with E-state index in [4.69, 9.17) is 4.74 Å². The van der Waals surface area contributed by atoms with Crippen LogP contribution in [0.4, 0.5) is 10.5 Å². The highest BCUT2D eigenvalue weighted by atomic mass is 16.6. The van der Waals surface area contributed by atoms with Crippen LogP contribution < -0.4 is 10.2 Å². The zero-order valence-electron chi connectivity index (χ0n) is 26.0. The first kappa shape index (κ1) is 31.5. The van der Waals surface area contributed by atoms with Crippen molar-refractivity contribution in [3.05, 3.63) is 59.9 Å². The predicted octanol–water partition coefficient (Wildman–Crippen LogP) is 5.62. The molecule has 9 nitrogen and oxygen atoms in total. The normalized spacial score (nSPS) is 22.1. The van der Waals surface area contributed by atoms with Gasteiger partial charge in [-0.05, 0) is 69.7 Å². The van der Waals surface area contributed by atoms with Crippen LogP contribution in [0.15, 0.2) is 48.8 Å². The van der Waals surface area contributed by atoms with Crippen molar-refractivity contribution in [3.8, 4) is 0 Å². The third kappa shape index (κ3) is 7.12. The number of aromatic nitrogens is 1. The number of aliphatic hydroxyl groups is 1. The molecule has 2 fully saturated rings. The zero-order chi connectivity index (χ0) is 30.9. The summed E-state index contributed by atoms with van der Waals surface area (Å²) in [6.07, 6.45) is 7.44. The Morgan fingerprint density at radius 3 is 2.21 bits per heavy atom. The Bertz CT molecular complexity index is 1260. The third-order valence-electron chi connectivity index (χ3n) is 7.99. The van der Waals surface area contributed by atoms with E-state index < -0.39 is 35.4 Å². The largest absolute Gasteiger partial charge is 0.444 e. The summed E-state index contributed by atoms with van der Waals surface area (Å²) in [7, 11) is 0. The van der Waals surface area contributed by atoms with Crippen LogP contribution in [-0.4, -0.2) is 56.3 Å². The SMILES string of the molecule is CC(C)(C)OC(=O)N1C(C(=O)N(c2ccc(C(C)(C)C)cc2)C(C(=O)NC2CCCCC2)c2cccnc2)CC1(C)O. The van der Waals surface area contributed by atoms with Crippen LogP contribution in [-0.2, 0) is 19.7 Å². The molecule has 1 aliphatic carbocycles. The fourth-order valence-corrected chi connectivity index (χ4v) is 5.78. The van der Waals surface area contributed by atoms with Gasteiger partial charge in [0.15, 0.2) is 0 Å². The van der Waals surface area contributed by atoms with Crippen molar-refractivity contribution < 1.29 is 24.2 Å². The van der Waals surface area contributed by atoms with Crippen LogP contribution in [0, 0.1) is 0 Å². The number of hydrogen-bond donors (Lipinski definition) is 2. The molecular weight excluding hydrogens is 532 g/mol. The number of likely N-dealkylation sites (tertiary alicyclic amines) is 1. The summed E-state index contributed by atoms with van der Waals surface area (Å²) < 4.78 is 5.56. The molecule has 9 heteroatoms. The Morgan fingerprint density at radius 2 is 1.69 bits per heavy atom. The summed E-state index contributed by atoms with van der Waals surface area (Å²) in [5, 5.41) is 14.2. The zero-order valence-corrected chi connectivity index (χ0v) is 26.0. The maximum absolute atomic E-state index is 14.6. The van der Waals surface area contributed by atoms with E-state index in [2.05, 4.69) is 31.1 Å². The van der Waals surface area contributed by atoms with Gasteiger partial charge in [-0.2, -0.15) is 0 Å². The molecule has 42 heavy (non-hydrogen) atoms. The van der Waals surface area contributed by atoms with E-state index in [-0.39, 0.29) is 23.8 Å². The van der Waals surface area contributed by atoms with Crippen LogP contribution in [0.25, 0.3) is 0 Å². The lowest BCUT2D eigenvalue weighted by Crippen LogP contribution is -2.71. The van der Waals surface area contributed by atoms with E-state index in [1.54, 1.807) is 45.3 Å². The first-order valence-electron chi connectivity index (χ1n) is 15.0. The molecule has 3 unspecified atom stereocenters. The van der Waals surface area contributed by atoms with Crippen molar-refractivity contribution >= 4 is 23.6 Å². The second kappa shape index (κ2) is 12.0. The number of carbonyl (C=O) groups is 3. The van der Waals surface area contributed by atoms with E-state index in [9.17, 15) is 19.5 Å². The minimum atomic E-state index is -1.57. The van der Waals surface area contributed by atoms with Gasteiger partial charge in [0.1, 0.15) is 23.4 Å². The predicted molar refractivity (Wildman–Crippen MR) is 162 cm³/mol. The average Bonchev–Trinajstić information content (AvgIpc) is 2.89. The molecule has 1 aromatic heterocycles. The van der Waals surface area contributed by atoms with Gasteiger partial charge in [-0.3, -0.25) is 24.4 Å². The first-order valence-corrected chi connectivity index (χ1v) is 15.0. The molecule has 4 rings (SSSR count). The van der Waals surface area contributed by atoms with Gasteiger partial charge in [-0.15, -0.1) is 0 Å². The van der Waals surface area contributed by atoms with Gasteiger partial charge < -0.3 is 15.2 Å². The number of pyridine rings is 1. The molecule has 3 atom stereocenters. The summed E-state index contributed by atoms with van der Waals surface area (Å²) in [6, 6.07) is 9.06. The van der Waals surface area contributed by atoms with Crippen LogP contribution in [0.1, 0.15) is 104 Å². The Labute approximate surface area is 249 Å². The minimum Gasteiger partial charge on any atom is -0.444 e. The van der Waals surface area contributed by atoms with Crippen LogP contribution in [0.5, 0.6) is 0 Å². The van der Waals surface area contributed by atoms with E-state index in [0.29, 0.717) is 11.3 Å². The fraction of sp³-hybridized carbons (Fsp3) is 0.576. The topological polar surface area (TPSA) is 112 Å². The summed E-state index contributed by atoms with van der Waals surface area (Å²) in [6.45, 7) is 13.0. The van der Waals surface area contributed by atoms with Crippen molar-refractivity contribution in [3.63, 3.8) is 0 Å². The lowest BCUT2D eigenvalue weighted by molar-refractivity contribution is -0.193. The molecule has 2 aliphatic rings. The van der Waals surface area contributed by atoms with E-state index in [0.717, 1.165) is 42.6 Å². The van der Waals surface area contributed by atoms with Gasteiger partial charge in [-0.25, -0.2) is 4.79 Å². The summed E-state index contributed by atoms with van der Waals surface area (Å²) >= 11 is 0. The Morgan fingerprint density at radius 1 is 1.05 bits per heavy atom. The van der Waals surface area contributed by atoms with E-state index in [1.807, 2.05) is 24.3 Å². The molecule has 2 N–H and O–H groups in total. The van der Waals surface area contributed by atoms with Crippen LogP contribution in [0.3, 0.4) is 0 Å². The Hall–Kier alpha value is -3.46. The van der Waals surface area contributed by atoms with Crippen molar-refractivity contribution in [2.45, 2.75) is 122 Å². The van der Waals surface area contributed by atoms with Gasteiger partial charge in [-0.1, -0.05) is 58.2 Å². The standard InChI is InChI=1S/C33H46N4O5/c1-31(2,3)23-15-17-25(18-16-23)36(29(39)26-20-33(7,41)37(26)30(40)42-32(4,5)6)27(22-12-11-19-34-21-22)28(38)35-24-13-9-8-10-14-24/h11-12,15-19,21,24,26-27,41H,8-10,13-14,20H2,1-7H3,(H,35,38). The summed E-state index contributed by atoms with van der Waals surface area (Å²) in [5.41, 5.74) is -0.375. The number of rotatable bonds is 6. The lowest BCUT2D eigenvalue weighted by atomic mass is 9.86. The monoisotopic (exact) mass is 578 g/mol. The average molecular weight is 579 g/mol. The molecule has 1 aromatic carbocycles. The first-order chi connectivity index (χ1) is 19.6. The minimum absolute atomic E-state index is 0.00561. The molecule has 0 spiro atoms. The second-order valence-corrected chi connectivity index (χ2v) is 13.8. The van der Waals surface area contributed by atoms with Gasteiger partial charge in [0.2, 0.25) is 5.91 Å². The summed E-state index contributed by atoms with van der Waals surface area (Å²) in [4.78, 5) is 48.7. The number of amides is 3. The number of carbonyl (C=O) groups excluding carboxylic acids is 3. The summed E-state index contributed by atoms with van der Waals surface area (Å²) in [5.74, 6) is -0.790. The molecule has 0 radical (unpaired) electrons. The van der Waals surface area contributed by atoms with Crippen LogP contribution in [0.2, 0.25) is 0 Å². The highest BCUT2D eigenvalue weighted by molar-refractivity contribution is 6.05. The highest BCUT2D eigenvalue weighted by Crippen LogP contribution is 2.40. The quantitative estimate of drug-likeness (QED) is 0.460. The number of nitrogens with one attached hydrogen (secondary N) is 1. The molecule has 228 valence electrons. The highest BCUT2D eigenvalue weighted by Gasteiger charge is 2.57. The molecule has 2 heterocycles. The number of anilines is 1. The van der Waals surface area contributed by atoms with Crippen molar-refractivity contribution in [2.75, 3.05) is 4.90 Å². The van der Waals surface area contributed by atoms with Gasteiger partial charge in [0, 0.05) is 36.1 Å².